The average molecular weight is 1300 g/mol. The molecule has 8 N–H and O–H groups in total. The quantitative estimate of drug-likeness (QED) is 0.100. The first-order valence-electron chi connectivity index (χ1n) is 30.0. The normalized spacial score (nSPS) is 31.2. The van der Waals surface area contributed by atoms with Crippen molar-refractivity contribution in [2.45, 2.75) is 266 Å². The van der Waals surface area contributed by atoms with Gasteiger partial charge in [0, 0.05) is 49.0 Å². The zero-order chi connectivity index (χ0) is 66.1. The molecule has 0 aromatic carbocycles. The molecule has 29 heteroatoms. The summed E-state index contributed by atoms with van der Waals surface area (Å²) in [7, 11) is -4.45. The van der Waals surface area contributed by atoms with Gasteiger partial charge in [-0.05, 0) is 130 Å². The van der Waals surface area contributed by atoms with Gasteiger partial charge in [-0.25, -0.2) is 18.9 Å². The zero-order valence-corrected chi connectivity index (χ0v) is 57.7. The number of nitrogen functional groups attached to an aromatic ring is 3. The smallest absolute Gasteiger partial charge is 0.383 e. The maximum atomic E-state index is 12.8. The molecule has 3 aromatic rings. The molecular formula is C59H99N9O17P2S. The Morgan fingerprint density at radius 1 is 0.557 bits per heavy atom. The fourth-order valence-electron chi connectivity index (χ4n) is 12.7. The summed E-state index contributed by atoms with van der Waals surface area (Å²) in [4.78, 5) is 70.5. The van der Waals surface area contributed by atoms with Crippen molar-refractivity contribution in [3.63, 3.8) is 0 Å². The Bertz CT molecular complexity index is 3270. The molecule has 9 heterocycles. The van der Waals surface area contributed by atoms with Crippen LogP contribution in [-0.4, -0.2) is 128 Å². The lowest BCUT2D eigenvalue weighted by molar-refractivity contribution is -0.195. The van der Waals surface area contributed by atoms with E-state index in [1.165, 1.54) is 26.0 Å². The molecule has 6 saturated heterocycles. The van der Waals surface area contributed by atoms with Gasteiger partial charge in [-0.15, -0.1) is 0 Å². The molecule has 0 amide bonds. The van der Waals surface area contributed by atoms with Gasteiger partial charge in [-0.2, -0.15) is 15.0 Å². The predicted octanol–water partition coefficient (Wildman–Crippen LogP) is 8.47. The van der Waals surface area contributed by atoms with Gasteiger partial charge < -0.3 is 64.7 Å². The number of fused-ring (bicyclic) bond motifs is 6. The van der Waals surface area contributed by atoms with Crippen LogP contribution < -0.4 is 34.3 Å². The van der Waals surface area contributed by atoms with Crippen LogP contribution in [0, 0.1) is 30.1 Å². The molecule has 6 aliphatic rings. The molecule has 0 spiro atoms. The van der Waals surface area contributed by atoms with E-state index in [1.807, 2.05) is 48.5 Å². The minimum absolute atomic E-state index is 0.0382. The molecule has 5 unspecified atom stereocenters. The number of aryl methyl sites for hydroxylation is 2. The van der Waals surface area contributed by atoms with Gasteiger partial charge in [0.2, 0.25) is 0 Å². The molecule has 26 nitrogen and oxygen atoms in total. The van der Waals surface area contributed by atoms with Crippen LogP contribution in [0.4, 0.5) is 17.5 Å². The highest BCUT2D eigenvalue weighted by molar-refractivity contribution is 8.07. The van der Waals surface area contributed by atoms with E-state index in [-0.39, 0.29) is 51.5 Å². The minimum Gasteiger partial charge on any atom is -0.383 e. The highest BCUT2D eigenvalue weighted by atomic mass is 32.5. The molecule has 3 aromatic heterocycles. The van der Waals surface area contributed by atoms with E-state index in [9.17, 15) is 28.7 Å². The molecular weight excluding hydrogens is 1200 g/mol. The van der Waals surface area contributed by atoms with Gasteiger partial charge in [0.1, 0.15) is 70.9 Å². The van der Waals surface area contributed by atoms with Crippen LogP contribution in [0.2, 0.25) is 0 Å². The third-order valence-electron chi connectivity index (χ3n) is 15.1. The highest BCUT2D eigenvalue weighted by Crippen LogP contribution is 2.60. The fraction of sp³-hybridized carbons (Fsp3) is 0.797. The van der Waals surface area contributed by atoms with E-state index in [1.54, 1.807) is 60.9 Å². The van der Waals surface area contributed by atoms with E-state index in [0.29, 0.717) is 51.1 Å². The summed E-state index contributed by atoms with van der Waals surface area (Å²) in [5, 5.41) is 0. The first kappa shape index (κ1) is 71.8. The number of nitrogens with two attached hydrogens (primary N) is 3. The number of hydrogen-bond donors (Lipinski definition) is 5. The number of phosphoric acid groups is 1. The minimum atomic E-state index is -4.45. The second kappa shape index (κ2) is 25.4. The standard InChI is InChI=1S/C20H34N3O6PS.C20H33N3O4.C19H32N3O7P/c1-12-10-23(17(24)22-15(12)21)16-13-14(28-30(25,31)29-19(5,6)7)20(27-16,8-9-26-13)11-18(2,3)4;1-12-10-23(17(24)22-15(12)21)16-13-14(26-19(5,6)7)20(27-16,8-9-25-13)11-18(2,3)4;1-17(2,3)11-19-8-10-26-13(14(19)28-30(24,25)29-18(4,5)6)15(27-19)22-9-7-12(20)21-16(22)23/h10,13-14,16H,8-9,11H2,1-7H3,(H,25,31)(H2,21,22,24);10,13-14,16H,8-9,11H2,1-7H3,(H2,21,22,24);7,9,13-15H,8,10-11H2,1-6H3,(H,24,25)(H2,20,21,23)/t13-,14?,16+,20+,30?;13-,14?,16+,20+;13-,14?,15+,19+/m000/s1. The average Bonchev–Trinajstić information content (AvgIpc) is 1.85. The van der Waals surface area contributed by atoms with E-state index >= 15 is 0 Å². The van der Waals surface area contributed by atoms with Crippen molar-refractivity contribution in [1.29, 1.82) is 0 Å². The Hall–Kier alpha value is -3.60. The summed E-state index contributed by atoms with van der Waals surface area (Å²) >= 11 is 5.33. The first-order valence-corrected chi connectivity index (χ1v) is 34.1. The van der Waals surface area contributed by atoms with E-state index in [4.69, 9.17) is 80.3 Å². The number of anilines is 3. The molecule has 498 valence electrons. The Balaban J connectivity index is 0.000000189. The van der Waals surface area contributed by atoms with Crippen molar-refractivity contribution in [3.05, 3.63) is 67.2 Å². The molecule has 0 radical (unpaired) electrons. The largest absolute Gasteiger partial charge is 0.473 e. The summed E-state index contributed by atoms with van der Waals surface area (Å²) in [6, 6.07) is 1.49. The van der Waals surface area contributed by atoms with Crippen LogP contribution >= 0.6 is 14.5 Å². The fourth-order valence-corrected chi connectivity index (χ4v) is 16.4. The van der Waals surface area contributed by atoms with Gasteiger partial charge in [-0.1, -0.05) is 62.3 Å². The maximum Gasteiger partial charge on any atom is 0.473 e. The number of rotatable bonds is 13. The monoisotopic (exact) mass is 1300 g/mol. The zero-order valence-electron chi connectivity index (χ0n) is 55.1. The van der Waals surface area contributed by atoms with Gasteiger partial charge in [0.15, 0.2) is 18.7 Å². The number of nitrogens with zero attached hydrogens (tertiary/aromatic N) is 6. The second-order valence-electron chi connectivity index (χ2n) is 30.8. The van der Waals surface area contributed by atoms with Gasteiger partial charge in [0.05, 0.1) is 36.6 Å². The van der Waals surface area contributed by atoms with E-state index in [2.05, 4.69) is 56.5 Å². The van der Waals surface area contributed by atoms with E-state index in [0.717, 1.165) is 18.4 Å². The predicted molar refractivity (Wildman–Crippen MR) is 334 cm³/mol. The molecule has 88 heavy (non-hydrogen) atoms. The van der Waals surface area contributed by atoms with Crippen molar-refractivity contribution in [1.82, 2.24) is 28.7 Å². The summed E-state index contributed by atoms with van der Waals surface area (Å²) in [6.07, 6.45) is 2.45. The van der Waals surface area contributed by atoms with Gasteiger partial charge in [-0.3, -0.25) is 27.3 Å². The van der Waals surface area contributed by atoms with Crippen molar-refractivity contribution in [2.24, 2.45) is 16.2 Å². The van der Waals surface area contributed by atoms with Crippen molar-refractivity contribution < 1.29 is 65.6 Å². The highest BCUT2D eigenvalue weighted by Gasteiger charge is 2.65. The molecule has 6 aliphatic heterocycles. The van der Waals surface area contributed by atoms with Crippen LogP contribution in [0.1, 0.15) is 193 Å². The lowest BCUT2D eigenvalue weighted by Gasteiger charge is -2.44. The van der Waals surface area contributed by atoms with Crippen LogP contribution in [0.5, 0.6) is 0 Å². The summed E-state index contributed by atoms with van der Waals surface area (Å²) in [6.45, 7) is 36.8. The van der Waals surface area contributed by atoms with Gasteiger partial charge >= 0.3 is 31.6 Å². The summed E-state index contributed by atoms with van der Waals surface area (Å²) in [5.74, 6) is 0.503. The van der Waals surface area contributed by atoms with Crippen molar-refractivity contribution >= 4 is 43.8 Å². The molecule has 0 saturated carbocycles. The third-order valence-corrected chi connectivity index (χ3v) is 18.2. The van der Waals surface area contributed by atoms with Crippen LogP contribution in [0.15, 0.2) is 39.0 Å². The molecule has 9 rings (SSSR count). The maximum absolute atomic E-state index is 12.8. The number of aromatic nitrogens is 6. The van der Waals surface area contributed by atoms with Crippen molar-refractivity contribution in [3.8, 4) is 0 Å². The Labute approximate surface area is 522 Å². The van der Waals surface area contributed by atoms with Crippen molar-refractivity contribution in [2.75, 3.05) is 37.0 Å². The summed E-state index contributed by atoms with van der Waals surface area (Å²) in [5.41, 5.74) is 12.5. The molecule has 0 aliphatic carbocycles. The lowest BCUT2D eigenvalue weighted by atomic mass is 9.76. The second-order valence-corrected chi connectivity index (χ2v) is 34.8. The Kier molecular flexibility index (Phi) is 20.7. The van der Waals surface area contributed by atoms with Gasteiger partial charge in [0.25, 0.3) is 0 Å². The Morgan fingerprint density at radius 2 is 0.909 bits per heavy atom. The van der Waals surface area contributed by atoms with Crippen LogP contribution in [0.25, 0.3) is 0 Å². The van der Waals surface area contributed by atoms with Crippen LogP contribution in [-0.2, 0) is 67.6 Å². The Morgan fingerprint density at radius 3 is 1.27 bits per heavy atom. The third kappa shape index (κ3) is 17.5. The first-order chi connectivity index (χ1) is 39.9. The molecule has 6 fully saturated rings. The topological polar surface area (TPSA) is 342 Å². The SMILES string of the molecule is CC(C)(C)C[C@]12CCO[C@@H](C1OP(=O)(O)OC(C)(C)C)[C@H](n1ccc(N)nc1=O)O2.Cc1cn([C@@H]2O[C@@]3(CC(C)(C)C)CCO[C@H]2C3OC(C)(C)C)c(=O)nc1N.Cc1cn([C@@H]2O[C@@]3(CC(C)(C)C)CCO[C@H]2C3OP(O)(=S)OC(C)(C)C)c(=O)nc1N. The molecule has 6 bridgehead atoms. The number of hydrogen-bond acceptors (Lipinski definition) is 22. The summed E-state index contributed by atoms with van der Waals surface area (Å²) < 4.78 is 83.7. The number of phosphoric ester groups is 1. The van der Waals surface area contributed by atoms with E-state index < -0.39 is 103 Å². The van der Waals surface area contributed by atoms with Crippen LogP contribution in [0.3, 0.4) is 0 Å². The lowest BCUT2D eigenvalue weighted by Crippen LogP contribution is -2.54. The molecule has 14 atom stereocenters. The number of ether oxygens (including phenoxy) is 7.